The first-order valence-electron chi connectivity index (χ1n) is 6.27. The molecule has 0 bridgehead atoms. The molecule has 0 spiro atoms. The highest BCUT2D eigenvalue weighted by Crippen LogP contribution is 2.12. The molecule has 1 rings (SSSR count). The van der Waals surface area contributed by atoms with Crippen molar-refractivity contribution in [3.8, 4) is 0 Å². The summed E-state index contributed by atoms with van der Waals surface area (Å²) >= 11 is 0. The Morgan fingerprint density at radius 1 is 1.24 bits per heavy atom. The average molecular weight is 303 g/mol. The largest absolute Gasteiger partial charge is 0.401 e. The van der Waals surface area contributed by atoms with Gasteiger partial charge in [0.1, 0.15) is 0 Å². The Labute approximate surface area is 119 Å². The number of carbonyl (C=O) groups is 2. The smallest absolute Gasteiger partial charge is 0.352 e. The van der Waals surface area contributed by atoms with Crippen LogP contribution in [0.5, 0.6) is 0 Å². The van der Waals surface area contributed by atoms with Crippen LogP contribution in [0.3, 0.4) is 0 Å². The summed E-state index contributed by atoms with van der Waals surface area (Å²) in [5.74, 6) is -0.906. The van der Waals surface area contributed by atoms with Crippen molar-refractivity contribution in [2.24, 2.45) is 0 Å². The third kappa shape index (κ3) is 6.75. The SMILES string of the molecule is CCNC(=O)c1cccc(NC(=O)CNCC(F)(F)F)c1. The van der Waals surface area contributed by atoms with Gasteiger partial charge in [0.15, 0.2) is 0 Å². The summed E-state index contributed by atoms with van der Waals surface area (Å²) in [6.45, 7) is 0.539. The van der Waals surface area contributed by atoms with Crippen molar-refractivity contribution >= 4 is 17.5 Å². The fourth-order valence-electron chi connectivity index (χ4n) is 1.52. The zero-order valence-corrected chi connectivity index (χ0v) is 11.4. The van der Waals surface area contributed by atoms with Gasteiger partial charge in [-0.1, -0.05) is 6.07 Å². The highest BCUT2D eigenvalue weighted by atomic mass is 19.4. The number of anilines is 1. The van der Waals surface area contributed by atoms with E-state index < -0.39 is 25.2 Å². The number of halogens is 3. The van der Waals surface area contributed by atoms with Crippen LogP contribution in [0.15, 0.2) is 24.3 Å². The van der Waals surface area contributed by atoms with Crippen molar-refractivity contribution in [2.45, 2.75) is 13.1 Å². The first kappa shape index (κ1) is 17.0. The van der Waals surface area contributed by atoms with Crippen LogP contribution in [0, 0.1) is 0 Å². The Hall–Kier alpha value is -2.09. The van der Waals surface area contributed by atoms with E-state index in [-0.39, 0.29) is 5.91 Å². The van der Waals surface area contributed by atoms with Gasteiger partial charge in [-0.15, -0.1) is 0 Å². The quantitative estimate of drug-likeness (QED) is 0.746. The molecule has 0 aliphatic rings. The molecule has 0 saturated carbocycles. The van der Waals surface area contributed by atoms with Gasteiger partial charge in [-0.25, -0.2) is 0 Å². The van der Waals surface area contributed by atoms with E-state index in [2.05, 4.69) is 10.6 Å². The minimum absolute atomic E-state index is 0.288. The molecule has 0 radical (unpaired) electrons. The summed E-state index contributed by atoms with van der Waals surface area (Å²) in [6, 6.07) is 6.14. The number of rotatable bonds is 6. The number of benzene rings is 1. The van der Waals surface area contributed by atoms with Crippen LogP contribution in [0.4, 0.5) is 18.9 Å². The summed E-state index contributed by atoms with van der Waals surface area (Å²) in [4.78, 5) is 23.1. The van der Waals surface area contributed by atoms with Crippen molar-refractivity contribution in [1.82, 2.24) is 10.6 Å². The van der Waals surface area contributed by atoms with Crippen LogP contribution < -0.4 is 16.0 Å². The Bertz CT molecular complexity index is 504. The maximum absolute atomic E-state index is 11.9. The minimum Gasteiger partial charge on any atom is -0.352 e. The second-order valence-corrected chi connectivity index (χ2v) is 4.21. The van der Waals surface area contributed by atoms with E-state index in [1.807, 2.05) is 5.32 Å². The summed E-state index contributed by atoms with van der Waals surface area (Å²) in [7, 11) is 0. The van der Waals surface area contributed by atoms with Crippen LogP contribution in [-0.2, 0) is 4.79 Å². The molecule has 1 aromatic carbocycles. The zero-order valence-electron chi connectivity index (χ0n) is 11.4. The zero-order chi connectivity index (χ0) is 15.9. The third-order valence-electron chi connectivity index (χ3n) is 2.36. The van der Waals surface area contributed by atoms with E-state index in [0.29, 0.717) is 17.8 Å². The van der Waals surface area contributed by atoms with Crippen LogP contribution >= 0.6 is 0 Å². The van der Waals surface area contributed by atoms with Gasteiger partial charge in [0.05, 0.1) is 13.1 Å². The van der Waals surface area contributed by atoms with Crippen LogP contribution in [0.1, 0.15) is 17.3 Å². The van der Waals surface area contributed by atoms with Gasteiger partial charge >= 0.3 is 6.18 Å². The van der Waals surface area contributed by atoms with Crippen LogP contribution in [-0.4, -0.2) is 37.6 Å². The number of amides is 2. The molecule has 0 saturated heterocycles. The third-order valence-corrected chi connectivity index (χ3v) is 2.36. The molecular weight excluding hydrogens is 287 g/mol. The van der Waals surface area contributed by atoms with Gasteiger partial charge in [-0.3, -0.25) is 9.59 Å². The molecule has 0 aliphatic carbocycles. The summed E-state index contributed by atoms with van der Waals surface area (Å²) in [5, 5.41) is 7.01. The van der Waals surface area contributed by atoms with Gasteiger partial charge in [0.25, 0.3) is 5.91 Å². The van der Waals surface area contributed by atoms with E-state index in [1.165, 1.54) is 6.07 Å². The Morgan fingerprint density at radius 3 is 2.57 bits per heavy atom. The standard InChI is InChI=1S/C13H16F3N3O2/c1-2-18-12(21)9-4-3-5-10(6-9)19-11(20)7-17-8-13(14,15)16/h3-6,17H,2,7-8H2,1H3,(H,18,21)(H,19,20). The molecule has 3 N–H and O–H groups in total. The second-order valence-electron chi connectivity index (χ2n) is 4.21. The molecule has 21 heavy (non-hydrogen) atoms. The second kappa shape index (κ2) is 7.63. The number of hydrogen-bond donors (Lipinski definition) is 3. The number of alkyl halides is 3. The lowest BCUT2D eigenvalue weighted by Crippen LogP contribution is -2.35. The maximum atomic E-state index is 11.9. The van der Waals surface area contributed by atoms with Crippen LogP contribution in [0.2, 0.25) is 0 Å². The highest BCUT2D eigenvalue weighted by Gasteiger charge is 2.26. The lowest BCUT2D eigenvalue weighted by molar-refractivity contribution is -0.126. The van der Waals surface area contributed by atoms with Crippen molar-refractivity contribution in [2.75, 3.05) is 25.0 Å². The lowest BCUT2D eigenvalue weighted by atomic mass is 10.2. The average Bonchev–Trinajstić information content (AvgIpc) is 2.37. The molecule has 0 fully saturated rings. The molecule has 1 aromatic rings. The molecule has 0 heterocycles. The monoisotopic (exact) mass is 303 g/mol. The Kier molecular flexibility index (Phi) is 6.16. The highest BCUT2D eigenvalue weighted by molar-refractivity contribution is 5.97. The van der Waals surface area contributed by atoms with Gasteiger partial charge in [-0.05, 0) is 25.1 Å². The Morgan fingerprint density at radius 2 is 1.95 bits per heavy atom. The molecule has 0 aromatic heterocycles. The van der Waals surface area contributed by atoms with Crippen molar-refractivity contribution in [3.05, 3.63) is 29.8 Å². The van der Waals surface area contributed by atoms with Crippen molar-refractivity contribution in [3.63, 3.8) is 0 Å². The molecule has 2 amide bonds. The summed E-state index contributed by atoms with van der Waals surface area (Å²) < 4.78 is 35.7. The van der Waals surface area contributed by atoms with Gasteiger partial charge in [-0.2, -0.15) is 13.2 Å². The van der Waals surface area contributed by atoms with Gasteiger partial charge in [0, 0.05) is 17.8 Å². The van der Waals surface area contributed by atoms with E-state index in [4.69, 9.17) is 0 Å². The van der Waals surface area contributed by atoms with E-state index in [1.54, 1.807) is 25.1 Å². The van der Waals surface area contributed by atoms with E-state index in [9.17, 15) is 22.8 Å². The van der Waals surface area contributed by atoms with E-state index in [0.717, 1.165) is 0 Å². The van der Waals surface area contributed by atoms with Crippen LogP contribution in [0.25, 0.3) is 0 Å². The summed E-state index contributed by atoms with van der Waals surface area (Å²) in [6.07, 6.45) is -4.36. The van der Waals surface area contributed by atoms with E-state index >= 15 is 0 Å². The fourth-order valence-corrected chi connectivity index (χ4v) is 1.52. The number of carbonyl (C=O) groups excluding carboxylic acids is 2. The molecule has 116 valence electrons. The van der Waals surface area contributed by atoms with Crippen molar-refractivity contribution < 1.29 is 22.8 Å². The predicted molar refractivity (Wildman–Crippen MR) is 72.0 cm³/mol. The Balaban J connectivity index is 2.53. The summed E-state index contributed by atoms with van der Waals surface area (Å²) in [5.41, 5.74) is 0.704. The fraction of sp³-hybridized carbons (Fsp3) is 0.385. The number of hydrogen-bond acceptors (Lipinski definition) is 3. The molecule has 0 aliphatic heterocycles. The predicted octanol–water partition coefficient (Wildman–Crippen LogP) is 1.53. The normalized spacial score (nSPS) is 11.0. The molecule has 8 heteroatoms. The first-order chi connectivity index (χ1) is 9.81. The molecule has 5 nitrogen and oxygen atoms in total. The van der Waals surface area contributed by atoms with Gasteiger partial charge < -0.3 is 16.0 Å². The van der Waals surface area contributed by atoms with Crippen molar-refractivity contribution in [1.29, 1.82) is 0 Å². The number of nitrogens with one attached hydrogen (secondary N) is 3. The maximum Gasteiger partial charge on any atom is 0.401 e. The molecule has 0 atom stereocenters. The lowest BCUT2D eigenvalue weighted by Gasteiger charge is -2.09. The minimum atomic E-state index is -4.36. The molecule has 0 unspecified atom stereocenters. The topological polar surface area (TPSA) is 70.2 Å². The van der Waals surface area contributed by atoms with Gasteiger partial charge in [0.2, 0.25) is 5.91 Å². The molecular formula is C13H16F3N3O2. The first-order valence-corrected chi connectivity index (χ1v) is 6.27.